The van der Waals surface area contributed by atoms with Gasteiger partial charge in [0, 0.05) is 12.1 Å². The third kappa shape index (κ3) is 1.63. The fourth-order valence-electron chi connectivity index (χ4n) is 1.44. The van der Waals surface area contributed by atoms with E-state index in [-0.39, 0.29) is 16.7 Å². The molecule has 18 heavy (non-hydrogen) atoms. The molecule has 0 saturated carbocycles. The second kappa shape index (κ2) is 3.80. The lowest BCUT2D eigenvalue weighted by atomic mass is 10.2. The van der Waals surface area contributed by atoms with E-state index < -0.39 is 26.9 Å². The van der Waals surface area contributed by atoms with Crippen molar-refractivity contribution in [1.29, 1.82) is 0 Å². The summed E-state index contributed by atoms with van der Waals surface area (Å²) in [6.45, 7) is 0. The lowest BCUT2D eigenvalue weighted by Crippen LogP contribution is -2.07. The maximum Gasteiger partial charge on any atom is 0.419 e. The maximum atomic E-state index is 11.2. The van der Waals surface area contributed by atoms with E-state index in [0.29, 0.717) is 0 Å². The second-order valence-corrected chi connectivity index (χ2v) is 3.28. The average molecular weight is 252 g/mol. The molecule has 2 rings (SSSR count). The van der Waals surface area contributed by atoms with Crippen molar-refractivity contribution in [2.75, 3.05) is 0 Å². The molecule has 9 heteroatoms. The van der Waals surface area contributed by atoms with E-state index >= 15 is 0 Å². The monoisotopic (exact) mass is 252 g/mol. The van der Waals surface area contributed by atoms with Crippen LogP contribution in [0.5, 0.6) is 5.75 Å². The Bertz CT molecular complexity index is 734. The number of nitro benzene ring substituents is 1. The first-order valence-electron chi connectivity index (χ1n) is 4.50. The van der Waals surface area contributed by atoms with Crippen LogP contribution in [0.2, 0.25) is 0 Å². The van der Waals surface area contributed by atoms with Crippen molar-refractivity contribution in [3.8, 4) is 5.75 Å². The molecule has 1 aromatic carbocycles. The Balaban J connectivity index is 2.90. The van der Waals surface area contributed by atoms with Gasteiger partial charge in [-0.2, -0.15) is 0 Å². The van der Waals surface area contributed by atoms with Gasteiger partial charge < -0.3 is 9.52 Å². The zero-order valence-electron chi connectivity index (χ0n) is 8.52. The van der Waals surface area contributed by atoms with Crippen LogP contribution >= 0.6 is 0 Å². The first kappa shape index (κ1) is 11.5. The zero-order valence-corrected chi connectivity index (χ0v) is 8.52. The highest BCUT2D eigenvalue weighted by molar-refractivity contribution is 5.88. The van der Waals surface area contributed by atoms with Gasteiger partial charge in [-0.05, 0) is 6.07 Å². The van der Waals surface area contributed by atoms with E-state index in [4.69, 9.17) is 0 Å². The van der Waals surface area contributed by atoms with Crippen molar-refractivity contribution < 1.29 is 19.4 Å². The number of benzene rings is 1. The normalized spacial score (nSPS) is 10.4. The third-order valence-electron chi connectivity index (χ3n) is 2.23. The van der Waals surface area contributed by atoms with Crippen molar-refractivity contribution in [2.45, 2.75) is 0 Å². The minimum absolute atomic E-state index is 0.172. The van der Waals surface area contributed by atoms with Crippen molar-refractivity contribution >= 4 is 22.3 Å². The van der Waals surface area contributed by atoms with Crippen molar-refractivity contribution in [3.63, 3.8) is 0 Å². The van der Waals surface area contributed by atoms with Crippen LogP contribution in [0.15, 0.2) is 27.4 Å². The van der Waals surface area contributed by atoms with Crippen LogP contribution in [0.25, 0.3) is 11.0 Å². The number of aromatic hydroxyl groups is 1. The number of nitro groups is 2. The molecule has 0 spiro atoms. The summed E-state index contributed by atoms with van der Waals surface area (Å²) < 4.78 is 4.59. The topological polar surface area (TPSA) is 137 Å². The molecular weight excluding hydrogens is 248 g/mol. The van der Waals surface area contributed by atoms with Gasteiger partial charge in [0.25, 0.3) is 5.69 Å². The van der Waals surface area contributed by atoms with Crippen LogP contribution < -0.4 is 5.63 Å². The van der Waals surface area contributed by atoms with E-state index in [9.17, 15) is 30.1 Å². The molecule has 1 aromatic heterocycles. The third-order valence-corrected chi connectivity index (χ3v) is 2.23. The lowest BCUT2D eigenvalue weighted by Gasteiger charge is -2.00. The van der Waals surface area contributed by atoms with Gasteiger partial charge in [-0.1, -0.05) is 0 Å². The van der Waals surface area contributed by atoms with Gasteiger partial charge in [-0.25, -0.2) is 4.79 Å². The van der Waals surface area contributed by atoms with Crippen molar-refractivity contribution in [2.24, 2.45) is 0 Å². The summed E-state index contributed by atoms with van der Waals surface area (Å²) in [4.78, 5) is 30.5. The molecule has 0 radical (unpaired) electrons. The molecule has 0 aliphatic rings. The smallest absolute Gasteiger partial charge is 0.419 e. The van der Waals surface area contributed by atoms with E-state index in [0.717, 1.165) is 18.2 Å². The summed E-state index contributed by atoms with van der Waals surface area (Å²) in [5.74, 6) is -0.949. The van der Waals surface area contributed by atoms with Crippen LogP contribution in [0.3, 0.4) is 0 Å². The Morgan fingerprint density at radius 1 is 1.17 bits per heavy atom. The molecule has 0 bridgehead atoms. The minimum atomic E-state index is -1.32. The lowest BCUT2D eigenvalue weighted by molar-refractivity contribution is -0.388. The first-order chi connectivity index (χ1) is 8.41. The Morgan fingerprint density at radius 3 is 2.39 bits per heavy atom. The van der Waals surface area contributed by atoms with Crippen molar-refractivity contribution in [3.05, 3.63) is 48.8 Å². The molecule has 0 unspecified atom stereocenters. The Kier molecular flexibility index (Phi) is 2.43. The second-order valence-electron chi connectivity index (χ2n) is 3.28. The predicted molar refractivity (Wildman–Crippen MR) is 57.5 cm³/mol. The molecule has 92 valence electrons. The Morgan fingerprint density at radius 2 is 1.83 bits per heavy atom. The summed E-state index contributed by atoms with van der Waals surface area (Å²) in [5, 5.41) is 30.4. The summed E-state index contributed by atoms with van der Waals surface area (Å²) >= 11 is 0. The quantitative estimate of drug-likeness (QED) is 0.483. The number of rotatable bonds is 2. The van der Waals surface area contributed by atoms with Crippen LogP contribution in [0.4, 0.5) is 11.4 Å². The van der Waals surface area contributed by atoms with Gasteiger partial charge >= 0.3 is 11.3 Å². The van der Waals surface area contributed by atoms with Gasteiger partial charge in [-0.15, -0.1) is 0 Å². The summed E-state index contributed by atoms with van der Waals surface area (Å²) in [6, 6.07) is 3.02. The highest BCUT2D eigenvalue weighted by Crippen LogP contribution is 2.32. The van der Waals surface area contributed by atoms with Gasteiger partial charge in [0.2, 0.25) is 5.75 Å². The fraction of sp³-hybridized carbons (Fsp3) is 0. The average Bonchev–Trinajstić information content (AvgIpc) is 2.27. The summed E-state index contributed by atoms with van der Waals surface area (Å²) in [5.41, 5.74) is -3.03. The molecule has 0 fully saturated rings. The maximum absolute atomic E-state index is 11.2. The standard InChI is InChI=1S/C9H4N2O7/c12-8-5-3-4(10(14)15)1-2-6(5)18-9(13)7(8)11(16)17/h1-3,12H. The molecule has 9 nitrogen and oxygen atoms in total. The number of nitrogens with zero attached hydrogens (tertiary/aromatic N) is 2. The number of non-ortho nitro benzene ring substituents is 1. The van der Waals surface area contributed by atoms with Crippen molar-refractivity contribution in [1.82, 2.24) is 0 Å². The number of hydrogen-bond acceptors (Lipinski definition) is 7. The zero-order chi connectivity index (χ0) is 13.4. The molecule has 0 atom stereocenters. The van der Waals surface area contributed by atoms with E-state index in [2.05, 4.69) is 4.42 Å². The van der Waals surface area contributed by atoms with E-state index in [1.165, 1.54) is 0 Å². The predicted octanol–water partition coefficient (Wildman–Crippen LogP) is 1.32. The Hall–Kier alpha value is -2.97. The van der Waals surface area contributed by atoms with Gasteiger partial charge in [0.15, 0.2) is 0 Å². The molecule has 1 N–H and O–H groups in total. The number of fused-ring (bicyclic) bond motifs is 1. The van der Waals surface area contributed by atoms with Gasteiger partial charge in [0.1, 0.15) is 5.58 Å². The molecular formula is C9H4N2O7. The van der Waals surface area contributed by atoms with Crippen LogP contribution in [0.1, 0.15) is 0 Å². The molecule has 0 aliphatic heterocycles. The van der Waals surface area contributed by atoms with Crippen LogP contribution in [0, 0.1) is 20.2 Å². The van der Waals surface area contributed by atoms with E-state index in [1.54, 1.807) is 0 Å². The molecule has 1 heterocycles. The summed E-state index contributed by atoms with van der Waals surface area (Å²) in [7, 11) is 0. The molecule has 0 amide bonds. The highest BCUT2D eigenvalue weighted by Gasteiger charge is 2.25. The Labute approximate surface area is 97.2 Å². The first-order valence-corrected chi connectivity index (χ1v) is 4.50. The molecule has 0 aliphatic carbocycles. The van der Waals surface area contributed by atoms with Crippen LogP contribution in [-0.4, -0.2) is 15.0 Å². The van der Waals surface area contributed by atoms with E-state index in [1.807, 2.05) is 0 Å². The SMILES string of the molecule is O=c1oc2ccc([N+](=O)[O-])cc2c(O)c1[N+](=O)[O-]. The van der Waals surface area contributed by atoms with Crippen LogP contribution in [-0.2, 0) is 0 Å². The highest BCUT2D eigenvalue weighted by atomic mass is 16.6. The fourth-order valence-corrected chi connectivity index (χ4v) is 1.44. The minimum Gasteiger partial charge on any atom is -0.501 e. The number of hydrogen-bond donors (Lipinski definition) is 1. The van der Waals surface area contributed by atoms with Gasteiger partial charge in [0.05, 0.1) is 15.2 Å². The molecule has 0 saturated heterocycles. The molecule has 2 aromatic rings. The largest absolute Gasteiger partial charge is 0.501 e. The van der Waals surface area contributed by atoms with Gasteiger partial charge in [-0.3, -0.25) is 20.2 Å². The summed E-state index contributed by atoms with van der Waals surface area (Å²) in [6.07, 6.45) is 0.